The van der Waals surface area contributed by atoms with Gasteiger partial charge < -0.3 is 15.0 Å². The Kier molecular flexibility index (Phi) is 11.4. The molecule has 196 valence electrons. The number of hydrogen-bond donors (Lipinski definition) is 1. The van der Waals surface area contributed by atoms with Crippen molar-refractivity contribution in [1.82, 2.24) is 10.2 Å². The molecule has 3 aromatic carbocycles. The van der Waals surface area contributed by atoms with E-state index in [2.05, 4.69) is 19.2 Å². The summed E-state index contributed by atoms with van der Waals surface area (Å²) < 4.78 is 5.39. The number of halogens is 1. The molecule has 0 fully saturated rings. The van der Waals surface area contributed by atoms with Crippen molar-refractivity contribution in [2.24, 2.45) is 5.92 Å². The van der Waals surface area contributed by atoms with Gasteiger partial charge in [-0.05, 0) is 53.4 Å². The number of carbonyl (C=O) groups is 2. The van der Waals surface area contributed by atoms with Gasteiger partial charge in [-0.25, -0.2) is 0 Å². The number of amides is 2. The van der Waals surface area contributed by atoms with E-state index < -0.39 is 6.04 Å². The van der Waals surface area contributed by atoms with Crippen LogP contribution in [-0.2, 0) is 22.6 Å². The van der Waals surface area contributed by atoms with Crippen molar-refractivity contribution in [3.05, 3.63) is 95.0 Å². The molecule has 7 heteroatoms. The highest BCUT2D eigenvalue weighted by atomic mass is 35.5. The van der Waals surface area contributed by atoms with Crippen molar-refractivity contribution in [3.63, 3.8) is 0 Å². The molecule has 0 aromatic heterocycles. The second kappa shape index (κ2) is 14.7. The first-order valence-corrected chi connectivity index (χ1v) is 13.8. The molecule has 0 aliphatic heterocycles. The summed E-state index contributed by atoms with van der Waals surface area (Å²) in [6.07, 6.45) is 0.741. The number of nitrogens with one attached hydrogen (secondary N) is 1. The molecule has 0 aliphatic carbocycles. The smallest absolute Gasteiger partial charge is 0.243 e. The van der Waals surface area contributed by atoms with Crippen LogP contribution < -0.4 is 10.1 Å². The molecule has 0 radical (unpaired) electrons. The fraction of sp³-hybridized carbons (Fsp3) is 0.333. The standard InChI is InChI=1S/C30H35ClN2O3S/c1-22(2)20-32-30(35)28(19-23-8-5-4-6-9-23)33(21-24-10-7-11-26(18-24)36-3)29(34)16-17-37-27-14-12-25(31)13-15-27/h4-15,18,22,28H,16-17,19-21H2,1-3H3,(H,32,35)/t28-/m0/s1. The zero-order chi connectivity index (χ0) is 26.6. The molecule has 0 saturated heterocycles. The highest BCUT2D eigenvalue weighted by Crippen LogP contribution is 2.23. The molecule has 0 heterocycles. The summed E-state index contributed by atoms with van der Waals surface area (Å²) in [5, 5.41) is 3.74. The lowest BCUT2D eigenvalue weighted by Crippen LogP contribution is -2.51. The van der Waals surface area contributed by atoms with Gasteiger partial charge in [0.2, 0.25) is 11.8 Å². The zero-order valence-corrected chi connectivity index (χ0v) is 23.2. The molecule has 3 aromatic rings. The van der Waals surface area contributed by atoms with E-state index in [1.165, 1.54) is 0 Å². The number of nitrogens with zero attached hydrogens (tertiary/aromatic N) is 1. The molecule has 37 heavy (non-hydrogen) atoms. The summed E-state index contributed by atoms with van der Waals surface area (Å²) in [7, 11) is 1.62. The van der Waals surface area contributed by atoms with Gasteiger partial charge >= 0.3 is 0 Å². The van der Waals surface area contributed by atoms with Gasteiger partial charge in [0.1, 0.15) is 11.8 Å². The molecule has 2 amide bonds. The van der Waals surface area contributed by atoms with E-state index in [-0.39, 0.29) is 11.8 Å². The Labute approximate surface area is 229 Å². The highest BCUT2D eigenvalue weighted by molar-refractivity contribution is 7.99. The number of methoxy groups -OCH3 is 1. The lowest BCUT2D eigenvalue weighted by Gasteiger charge is -2.32. The monoisotopic (exact) mass is 538 g/mol. The molecule has 0 aliphatic rings. The minimum atomic E-state index is -0.639. The Morgan fingerprint density at radius 3 is 2.35 bits per heavy atom. The first kappa shape index (κ1) is 28.6. The Balaban J connectivity index is 1.85. The van der Waals surface area contributed by atoms with E-state index in [0.29, 0.717) is 48.4 Å². The summed E-state index contributed by atoms with van der Waals surface area (Å²) in [5.74, 6) is 1.41. The first-order chi connectivity index (χ1) is 17.9. The van der Waals surface area contributed by atoms with Gasteiger partial charge in [0.05, 0.1) is 7.11 Å². The SMILES string of the molecule is COc1cccc(CN(C(=O)CCSc2ccc(Cl)cc2)[C@@H](Cc2ccccc2)C(=O)NCC(C)C)c1. The molecule has 1 atom stereocenters. The fourth-order valence-corrected chi connectivity index (χ4v) is 4.84. The van der Waals surface area contributed by atoms with E-state index in [0.717, 1.165) is 16.0 Å². The number of rotatable bonds is 13. The van der Waals surface area contributed by atoms with Crippen LogP contribution in [0.4, 0.5) is 0 Å². The quantitative estimate of drug-likeness (QED) is 0.262. The van der Waals surface area contributed by atoms with Gasteiger partial charge in [-0.2, -0.15) is 0 Å². The maximum Gasteiger partial charge on any atom is 0.243 e. The Morgan fingerprint density at radius 2 is 1.68 bits per heavy atom. The van der Waals surface area contributed by atoms with Gasteiger partial charge in [0, 0.05) is 41.6 Å². The molecular formula is C30H35ClN2O3S. The average Bonchev–Trinajstić information content (AvgIpc) is 2.91. The Bertz CT molecular complexity index is 1140. The number of carbonyl (C=O) groups excluding carboxylic acids is 2. The number of hydrogen-bond acceptors (Lipinski definition) is 4. The van der Waals surface area contributed by atoms with Crippen LogP contribution in [0.2, 0.25) is 5.02 Å². The highest BCUT2D eigenvalue weighted by Gasteiger charge is 2.30. The molecule has 0 saturated carbocycles. The van der Waals surface area contributed by atoms with Crippen LogP contribution in [-0.4, -0.2) is 42.2 Å². The summed E-state index contributed by atoms with van der Waals surface area (Å²) in [6, 6.07) is 24.4. The molecule has 0 bridgehead atoms. The normalized spacial score (nSPS) is 11.7. The van der Waals surface area contributed by atoms with E-state index in [1.54, 1.807) is 23.8 Å². The zero-order valence-electron chi connectivity index (χ0n) is 21.7. The topological polar surface area (TPSA) is 58.6 Å². The number of ether oxygens (including phenoxy) is 1. The third-order valence-electron chi connectivity index (χ3n) is 5.84. The van der Waals surface area contributed by atoms with Gasteiger partial charge in [0.25, 0.3) is 0 Å². The van der Waals surface area contributed by atoms with Crippen molar-refractivity contribution in [2.45, 2.75) is 44.2 Å². The van der Waals surface area contributed by atoms with Crippen molar-refractivity contribution in [3.8, 4) is 5.75 Å². The summed E-state index contributed by atoms with van der Waals surface area (Å²) >= 11 is 7.59. The Morgan fingerprint density at radius 1 is 0.973 bits per heavy atom. The summed E-state index contributed by atoms with van der Waals surface area (Å²) in [4.78, 5) is 30.0. The van der Waals surface area contributed by atoms with Crippen LogP contribution in [0, 0.1) is 5.92 Å². The van der Waals surface area contributed by atoms with Gasteiger partial charge in [-0.3, -0.25) is 9.59 Å². The minimum absolute atomic E-state index is 0.0649. The second-order valence-electron chi connectivity index (χ2n) is 9.27. The van der Waals surface area contributed by atoms with Crippen LogP contribution in [0.3, 0.4) is 0 Å². The molecule has 3 rings (SSSR count). The predicted octanol–water partition coefficient (Wildman–Crippen LogP) is 6.24. The van der Waals surface area contributed by atoms with Crippen LogP contribution in [0.1, 0.15) is 31.4 Å². The first-order valence-electron chi connectivity index (χ1n) is 12.5. The van der Waals surface area contributed by atoms with Crippen molar-refractivity contribution in [2.75, 3.05) is 19.4 Å². The second-order valence-corrected chi connectivity index (χ2v) is 10.9. The maximum atomic E-state index is 13.7. The molecule has 1 N–H and O–H groups in total. The summed E-state index contributed by atoms with van der Waals surface area (Å²) in [5.41, 5.74) is 1.92. The van der Waals surface area contributed by atoms with E-state index in [9.17, 15) is 9.59 Å². The lowest BCUT2D eigenvalue weighted by molar-refractivity contribution is -0.141. The number of benzene rings is 3. The van der Waals surface area contributed by atoms with E-state index >= 15 is 0 Å². The van der Waals surface area contributed by atoms with Crippen molar-refractivity contribution < 1.29 is 14.3 Å². The van der Waals surface area contributed by atoms with Crippen molar-refractivity contribution >= 4 is 35.2 Å². The Hall–Kier alpha value is -2.96. The van der Waals surface area contributed by atoms with Crippen LogP contribution in [0.5, 0.6) is 5.75 Å². The fourth-order valence-electron chi connectivity index (χ4n) is 3.87. The molecular weight excluding hydrogens is 504 g/mol. The van der Waals surface area contributed by atoms with Gasteiger partial charge in [-0.15, -0.1) is 11.8 Å². The van der Waals surface area contributed by atoms with Crippen LogP contribution in [0.25, 0.3) is 0 Å². The molecule has 0 spiro atoms. The minimum Gasteiger partial charge on any atom is -0.497 e. The lowest BCUT2D eigenvalue weighted by atomic mass is 10.0. The van der Waals surface area contributed by atoms with Crippen LogP contribution in [0.15, 0.2) is 83.8 Å². The third-order valence-corrected chi connectivity index (χ3v) is 7.11. The number of thioether (sulfide) groups is 1. The molecule has 5 nitrogen and oxygen atoms in total. The van der Waals surface area contributed by atoms with E-state index in [4.69, 9.17) is 16.3 Å². The predicted molar refractivity (Wildman–Crippen MR) is 152 cm³/mol. The van der Waals surface area contributed by atoms with E-state index in [1.807, 2.05) is 78.9 Å². The average molecular weight is 539 g/mol. The third kappa shape index (κ3) is 9.45. The van der Waals surface area contributed by atoms with Crippen molar-refractivity contribution in [1.29, 1.82) is 0 Å². The van der Waals surface area contributed by atoms with Gasteiger partial charge in [0.15, 0.2) is 0 Å². The van der Waals surface area contributed by atoms with Gasteiger partial charge in [-0.1, -0.05) is 67.9 Å². The largest absolute Gasteiger partial charge is 0.497 e. The van der Waals surface area contributed by atoms with Crippen LogP contribution >= 0.6 is 23.4 Å². The summed E-state index contributed by atoms with van der Waals surface area (Å²) in [6.45, 7) is 4.98. The maximum absolute atomic E-state index is 13.7. The molecule has 0 unspecified atom stereocenters.